The van der Waals surface area contributed by atoms with E-state index in [0.717, 1.165) is 26.2 Å². The molecule has 18 heavy (non-hydrogen) atoms. The normalized spacial score (nSPS) is 18.7. The largest absolute Gasteiger partial charge is 0.396 e. The van der Waals surface area contributed by atoms with E-state index < -0.39 is 5.54 Å². The number of aliphatic hydroxyl groups excluding tert-OH is 1. The summed E-state index contributed by atoms with van der Waals surface area (Å²) in [5.41, 5.74) is -0.761. The standard InChI is InChI=1S/C13H27N3O2/c1-12(2,10-17)9-15-11(18)13(3,4)16-7-5-14-6-8-16/h14,17H,5-10H2,1-4H3,(H,15,18). The first kappa shape index (κ1) is 15.4. The molecule has 0 spiro atoms. The van der Waals surface area contributed by atoms with Gasteiger partial charge in [-0.15, -0.1) is 0 Å². The molecule has 1 aliphatic rings. The Morgan fingerprint density at radius 3 is 2.33 bits per heavy atom. The summed E-state index contributed by atoms with van der Waals surface area (Å²) in [7, 11) is 0. The number of carbonyl (C=O) groups is 1. The summed E-state index contributed by atoms with van der Waals surface area (Å²) in [6, 6.07) is 0. The van der Waals surface area contributed by atoms with Gasteiger partial charge in [-0.05, 0) is 13.8 Å². The maximum Gasteiger partial charge on any atom is 0.239 e. The predicted octanol–water partition coefficient (Wildman–Crippen LogP) is -0.195. The van der Waals surface area contributed by atoms with Crippen LogP contribution in [0.5, 0.6) is 0 Å². The molecule has 1 saturated heterocycles. The van der Waals surface area contributed by atoms with Crippen LogP contribution in [0.4, 0.5) is 0 Å². The lowest BCUT2D eigenvalue weighted by Gasteiger charge is -2.40. The van der Waals surface area contributed by atoms with Crippen LogP contribution < -0.4 is 10.6 Å². The first-order chi connectivity index (χ1) is 8.29. The Morgan fingerprint density at radius 2 is 1.83 bits per heavy atom. The number of rotatable bonds is 5. The predicted molar refractivity (Wildman–Crippen MR) is 72.4 cm³/mol. The van der Waals surface area contributed by atoms with Gasteiger partial charge in [-0.1, -0.05) is 13.8 Å². The summed E-state index contributed by atoms with van der Waals surface area (Å²) in [5.74, 6) is 0.0333. The molecule has 5 heteroatoms. The molecule has 1 rings (SSSR count). The Bertz CT molecular complexity index is 284. The number of carbonyl (C=O) groups excluding carboxylic acids is 1. The SMILES string of the molecule is CC(C)(CO)CNC(=O)C(C)(C)N1CCNCC1. The van der Waals surface area contributed by atoms with Crippen LogP contribution in [0.3, 0.4) is 0 Å². The van der Waals surface area contributed by atoms with E-state index in [1.807, 2.05) is 27.7 Å². The highest BCUT2D eigenvalue weighted by Gasteiger charge is 2.35. The molecule has 0 atom stereocenters. The molecule has 0 aromatic rings. The zero-order valence-electron chi connectivity index (χ0n) is 12.0. The van der Waals surface area contributed by atoms with E-state index >= 15 is 0 Å². The van der Waals surface area contributed by atoms with Crippen molar-refractivity contribution in [3.8, 4) is 0 Å². The molecule has 1 heterocycles. The minimum Gasteiger partial charge on any atom is -0.396 e. The maximum atomic E-state index is 12.3. The van der Waals surface area contributed by atoms with Crippen LogP contribution in [0.1, 0.15) is 27.7 Å². The van der Waals surface area contributed by atoms with E-state index in [9.17, 15) is 9.90 Å². The van der Waals surface area contributed by atoms with Crippen molar-refractivity contribution >= 4 is 5.91 Å². The van der Waals surface area contributed by atoms with Crippen LogP contribution in [-0.4, -0.2) is 60.8 Å². The quantitative estimate of drug-likeness (QED) is 0.638. The number of piperazine rings is 1. The number of amides is 1. The molecule has 0 aromatic heterocycles. The van der Waals surface area contributed by atoms with Crippen LogP contribution in [0.2, 0.25) is 0 Å². The van der Waals surface area contributed by atoms with Crippen molar-refractivity contribution in [2.75, 3.05) is 39.3 Å². The van der Waals surface area contributed by atoms with E-state index in [1.54, 1.807) is 0 Å². The zero-order valence-corrected chi connectivity index (χ0v) is 12.0. The Balaban J connectivity index is 2.53. The molecule has 3 N–H and O–H groups in total. The molecule has 5 nitrogen and oxygen atoms in total. The molecule has 1 amide bonds. The molecule has 106 valence electrons. The third-order valence-corrected chi connectivity index (χ3v) is 3.62. The minimum absolute atomic E-state index is 0.0333. The monoisotopic (exact) mass is 257 g/mol. The summed E-state index contributed by atoms with van der Waals surface area (Å²) in [6.07, 6.45) is 0. The fourth-order valence-corrected chi connectivity index (χ4v) is 1.96. The van der Waals surface area contributed by atoms with Crippen molar-refractivity contribution in [3.63, 3.8) is 0 Å². The number of hydrogen-bond acceptors (Lipinski definition) is 4. The molecule has 0 aliphatic carbocycles. The molecule has 0 saturated carbocycles. The van der Waals surface area contributed by atoms with E-state index in [1.165, 1.54) is 0 Å². The van der Waals surface area contributed by atoms with Gasteiger partial charge in [-0.3, -0.25) is 9.69 Å². The Morgan fingerprint density at radius 1 is 1.28 bits per heavy atom. The van der Waals surface area contributed by atoms with Gasteiger partial charge in [-0.2, -0.15) is 0 Å². The summed E-state index contributed by atoms with van der Waals surface area (Å²) in [5, 5.41) is 15.4. The Kier molecular flexibility index (Phi) is 5.13. The third kappa shape index (κ3) is 3.93. The summed E-state index contributed by atoms with van der Waals surface area (Å²) in [4.78, 5) is 14.5. The van der Waals surface area contributed by atoms with Crippen molar-refractivity contribution in [2.24, 2.45) is 5.41 Å². The maximum absolute atomic E-state index is 12.3. The number of hydrogen-bond donors (Lipinski definition) is 3. The van der Waals surface area contributed by atoms with Crippen LogP contribution in [0.15, 0.2) is 0 Å². The molecular weight excluding hydrogens is 230 g/mol. The smallest absolute Gasteiger partial charge is 0.239 e. The van der Waals surface area contributed by atoms with Gasteiger partial charge < -0.3 is 15.7 Å². The van der Waals surface area contributed by atoms with Crippen LogP contribution in [0, 0.1) is 5.41 Å². The highest BCUT2D eigenvalue weighted by molar-refractivity contribution is 5.85. The van der Waals surface area contributed by atoms with E-state index in [2.05, 4.69) is 15.5 Å². The summed E-state index contributed by atoms with van der Waals surface area (Å²) in [6.45, 7) is 12.0. The van der Waals surface area contributed by atoms with Gasteiger partial charge in [-0.25, -0.2) is 0 Å². The summed E-state index contributed by atoms with van der Waals surface area (Å²) >= 11 is 0. The highest BCUT2D eigenvalue weighted by atomic mass is 16.3. The number of aliphatic hydroxyl groups is 1. The third-order valence-electron chi connectivity index (χ3n) is 3.62. The van der Waals surface area contributed by atoms with E-state index in [4.69, 9.17) is 0 Å². The molecule has 0 bridgehead atoms. The topological polar surface area (TPSA) is 64.6 Å². The van der Waals surface area contributed by atoms with E-state index in [-0.39, 0.29) is 17.9 Å². The first-order valence-electron chi connectivity index (χ1n) is 6.64. The van der Waals surface area contributed by atoms with Crippen LogP contribution in [-0.2, 0) is 4.79 Å². The fraction of sp³-hybridized carbons (Fsp3) is 0.923. The second kappa shape index (κ2) is 5.99. The molecule has 1 fully saturated rings. The molecule has 0 aromatic carbocycles. The lowest BCUT2D eigenvalue weighted by molar-refractivity contribution is -0.132. The highest BCUT2D eigenvalue weighted by Crippen LogP contribution is 2.17. The first-order valence-corrected chi connectivity index (χ1v) is 6.64. The van der Waals surface area contributed by atoms with Gasteiger partial charge in [0.25, 0.3) is 0 Å². The van der Waals surface area contributed by atoms with Crippen molar-refractivity contribution in [1.29, 1.82) is 0 Å². The van der Waals surface area contributed by atoms with Gasteiger partial charge in [0.1, 0.15) is 0 Å². The molecule has 1 aliphatic heterocycles. The average molecular weight is 257 g/mol. The molecular formula is C13H27N3O2. The van der Waals surface area contributed by atoms with Crippen molar-refractivity contribution in [3.05, 3.63) is 0 Å². The van der Waals surface area contributed by atoms with Gasteiger partial charge in [0.05, 0.1) is 5.54 Å². The zero-order chi connectivity index (χ0) is 13.8. The van der Waals surface area contributed by atoms with Crippen molar-refractivity contribution < 1.29 is 9.90 Å². The second-order valence-corrected chi connectivity index (χ2v) is 6.30. The second-order valence-electron chi connectivity index (χ2n) is 6.30. The summed E-state index contributed by atoms with van der Waals surface area (Å²) < 4.78 is 0. The molecule has 0 unspecified atom stereocenters. The Labute approximate surface area is 110 Å². The minimum atomic E-state index is -0.492. The van der Waals surface area contributed by atoms with E-state index in [0.29, 0.717) is 6.54 Å². The van der Waals surface area contributed by atoms with Gasteiger partial charge in [0.15, 0.2) is 0 Å². The van der Waals surface area contributed by atoms with Gasteiger partial charge >= 0.3 is 0 Å². The number of nitrogens with one attached hydrogen (secondary N) is 2. The molecule has 0 radical (unpaired) electrons. The average Bonchev–Trinajstić information content (AvgIpc) is 2.37. The van der Waals surface area contributed by atoms with Crippen LogP contribution in [0.25, 0.3) is 0 Å². The van der Waals surface area contributed by atoms with Crippen molar-refractivity contribution in [2.45, 2.75) is 33.2 Å². The van der Waals surface area contributed by atoms with Crippen LogP contribution >= 0.6 is 0 Å². The lowest BCUT2D eigenvalue weighted by Crippen LogP contribution is -2.60. The fourth-order valence-electron chi connectivity index (χ4n) is 1.96. The Hall–Kier alpha value is -0.650. The van der Waals surface area contributed by atoms with Gasteiger partial charge in [0, 0.05) is 44.7 Å². The number of nitrogens with zero attached hydrogens (tertiary/aromatic N) is 1. The van der Waals surface area contributed by atoms with Gasteiger partial charge in [0.2, 0.25) is 5.91 Å². The lowest BCUT2D eigenvalue weighted by atomic mass is 9.93. The van der Waals surface area contributed by atoms with Crippen molar-refractivity contribution in [1.82, 2.24) is 15.5 Å².